The molecule has 2 N–H and O–H groups in total. The van der Waals surface area contributed by atoms with Gasteiger partial charge in [-0.2, -0.15) is 0 Å². The van der Waals surface area contributed by atoms with Gasteiger partial charge in [0, 0.05) is 42.2 Å². The maximum Gasteiger partial charge on any atom is 0.245 e. The van der Waals surface area contributed by atoms with Crippen LogP contribution in [0.15, 0.2) is 36.4 Å². The average Bonchev–Trinajstić information content (AvgIpc) is 3.21. The Morgan fingerprint density at radius 1 is 1.18 bits per heavy atom. The molecule has 0 radical (unpaired) electrons. The zero-order chi connectivity index (χ0) is 23.7. The van der Waals surface area contributed by atoms with E-state index in [-0.39, 0.29) is 28.3 Å². The van der Waals surface area contributed by atoms with E-state index in [1.54, 1.807) is 24.3 Å². The quantitative estimate of drug-likeness (QED) is 0.646. The molecule has 0 saturated carbocycles. The third-order valence-electron chi connectivity index (χ3n) is 7.12. The molecule has 0 aliphatic carbocycles. The molecule has 0 aromatic heterocycles. The first-order chi connectivity index (χ1) is 15.5. The van der Waals surface area contributed by atoms with Gasteiger partial charge in [-0.15, -0.1) is 0 Å². The first-order valence-corrected chi connectivity index (χ1v) is 11.9. The van der Waals surface area contributed by atoms with Crippen LogP contribution in [0.3, 0.4) is 0 Å². The van der Waals surface area contributed by atoms with E-state index in [9.17, 15) is 9.59 Å². The van der Waals surface area contributed by atoms with Gasteiger partial charge in [0.1, 0.15) is 11.4 Å². The summed E-state index contributed by atoms with van der Waals surface area (Å²) in [5.74, 6) is -2.24. The highest BCUT2D eigenvalue weighted by Gasteiger charge is 2.68. The fourth-order valence-electron chi connectivity index (χ4n) is 5.96. The van der Waals surface area contributed by atoms with Gasteiger partial charge in [-0.05, 0) is 34.7 Å². The van der Waals surface area contributed by atoms with Gasteiger partial charge in [0.25, 0.3) is 0 Å². The molecule has 8 heteroatoms. The largest absolute Gasteiger partial charge is 0.354 e. The highest BCUT2D eigenvalue weighted by Crippen LogP contribution is 2.56. The van der Waals surface area contributed by atoms with Gasteiger partial charge in [-0.1, -0.05) is 62.2 Å². The van der Waals surface area contributed by atoms with Gasteiger partial charge in [0.2, 0.25) is 11.8 Å². The minimum absolute atomic E-state index is 0.0183. The summed E-state index contributed by atoms with van der Waals surface area (Å²) in [7, 11) is 0. The molecule has 2 aromatic carbocycles. The third kappa shape index (κ3) is 3.46. The Kier molecular flexibility index (Phi) is 5.27. The van der Waals surface area contributed by atoms with Crippen LogP contribution in [0.1, 0.15) is 37.8 Å². The van der Waals surface area contributed by atoms with E-state index in [1.165, 1.54) is 6.07 Å². The molecule has 3 heterocycles. The number of hydrogen-bond acceptors (Lipinski definition) is 3. The molecule has 2 aromatic rings. The Balaban J connectivity index is 1.76. The molecule has 174 valence electrons. The molecule has 0 bridgehead atoms. The molecular weight excluding hydrogens is 464 g/mol. The molecule has 2 amide bonds. The van der Waals surface area contributed by atoms with Crippen LogP contribution in [0.2, 0.25) is 10.0 Å². The number of nitrogens with one attached hydrogen (secondary N) is 2. The number of benzene rings is 2. The summed E-state index contributed by atoms with van der Waals surface area (Å²) in [6.07, 6.45) is 0.346. The van der Waals surface area contributed by atoms with Crippen molar-refractivity contribution < 1.29 is 14.0 Å². The zero-order valence-corrected chi connectivity index (χ0v) is 20.2. The zero-order valence-electron chi connectivity index (χ0n) is 18.7. The number of carbonyl (C=O) groups excluding carboxylic acids is 2. The van der Waals surface area contributed by atoms with Crippen molar-refractivity contribution in [2.24, 2.45) is 11.3 Å². The second-order valence-corrected chi connectivity index (χ2v) is 11.3. The van der Waals surface area contributed by atoms with Gasteiger partial charge in [-0.25, -0.2) is 4.39 Å². The molecule has 3 aliphatic rings. The monoisotopic (exact) mass is 489 g/mol. The highest BCUT2D eigenvalue weighted by molar-refractivity contribution is 6.31. The first-order valence-electron chi connectivity index (χ1n) is 11.1. The second kappa shape index (κ2) is 7.69. The van der Waals surface area contributed by atoms with Crippen molar-refractivity contribution in [1.29, 1.82) is 0 Å². The van der Waals surface area contributed by atoms with Crippen molar-refractivity contribution in [3.05, 3.63) is 63.4 Å². The highest BCUT2D eigenvalue weighted by atomic mass is 35.5. The summed E-state index contributed by atoms with van der Waals surface area (Å²) in [6, 6.07) is 10.00. The number of hydrogen-bond donors (Lipinski definition) is 2. The second-order valence-electron chi connectivity index (χ2n) is 10.5. The lowest BCUT2D eigenvalue weighted by Crippen LogP contribution is -2.63. The Bertz CT molecular complexity index is 1160. The van der Waals surface area contributed by atoms with Crippen molar-refractivity contribution >= 4 is 40.7 Å². The Morgan fingerprint density at radius 3 is 2.67 bits per heavy atom. The number of halogens is 3. The lowest BCUT2D eigenvalue weighted by Gasteiger charge is -2.47. The molecule has 1 spiro atoms. The van der Waals surface area contributed by atoms with Crippen LogP contribution >= 0.6 is 23.2 Å². The van der Waals surface area contributed by atoms with Crippen LogP contribution < -0.4 is 10.6 Å². The van der Waals surface area contributed by atoms with E-state index >= 15 is 4.39 Å². The molecule has 5 rings (SSSR count). The minimum atomic E-state index is -1.15. The molecule has 2 saturated heterocycles. The van der Waals surface area contributed by atoms with Crippen molar-refractivity contribution in [1.82, 2.24) is 10.2 Å². The Hall–Kier alpha value is -2.15. The molecule has 5 nitrogen and oxygen atoms in total. The number of likely N-dealkylation sites (tertiary alicyclic amines) is 1. The van der Waals surface area contributed by atoms with Crippen LogP contribution in [0.4, 0.5) is 10.1 Å². The molecule has 4 atom stereocenters. The van der Waals surface area contributed by atoms with E-state index in [2.05, 4.69) is 36.3 Å². The van der Waals surface area contributed by atoms with Crippen LogP contribution in [-0.4, -0.2) is 41.4 Å². The third-order valence-corrected chi connectivity index (χ3v) is 7.65. The van der Waals surface area contributed by atoms with Crippen molar-refractivity contribution in [3.8, 4) is 0 Å². The standard InChI is InChI=1S/C25H26Cl2FN3O2/c1-24(2,3)12-31-18-11-29-22(32)19(18)20(15-5-4-6-16(27)21(15)28)25(31)10-13-7-8-14(26)9-17(13)30-23(25)33/h4-9,18-20H,10-12H2,1-3H3,(H,29,32)(H,30,33)/t18-,19+,20-,25+/m0/s1. The molecular formula is C25H26Cl2FN3O2. The van der Waals surface area contributed by atoms with E-state index in [1.807, 2.05) is 6.07 Å². The SMILES string of the molecule is CC(C)(C)CN1[C@H]2CNC(=O)[C@H]2[C@H](c2cccc(Cl)c2F)[C@@]12Cc1ccc(Cl)cc1NC2=O. The normalized spacial score (nSPS) is 29.1. The van der Waals surface area contributed by atoms with Crippen molar-refractivity contribution in [2.75, 3.05) is 18.4 Å². The van der Waals surface area contributed by atoms with E-state index in [0.29, 0.717) is 35.8 Å². The fraction of sp³-hybridized carbons (Fsp3) is 0.440. The predicted molar refractivity (Wildman–Crippen MR) is 127 cm³/mol. The number of nitrogens with zero attached hydrogens (tertiary/aromatic N) is 1. The van der Waals surface area contributed by atoms with E-state index < -0.39 is 23.2 Å². The lowest BCUT2D eigenvalue weighted by atomic mass is 9.69. The topological polar surface area (TPSA) is 61.4 Å². The smallest absolute Gasteiger partial charge is 0.245 e. The van der Waals surface area contributed by atoms with Gasteiger partial charge in [-0.3, -0.25) is 14.5 Å². The number of rotatable bonds is 2. The van der Waals surface area contributed by atoms with Gasteiger partial charge >= 0.3 is 0 Å². The Morgan fingerprint density at radius 2 is 1.94 bits per heavy atom. The minimum Gasteiger partial charge on any atom is -0.354 e. The first kappa shape index (κ1) is 22.6. The van der Waals surface area contributed by atoms with Gasteiger partial charge in [0.15, 0.2) is 0 Å². The number of amides is 2. The van der Waals surface area contributed by atoms with E-state index in [0.717, 1.165) is 5.56 Å². The molecule has 3 aliphatic heterocycles. The molecule has 33 heavy (non-hydrogen) atoms. The predicted octanol–water partition coefficient (Wildman–Crippen LogP) is 4.63. The van der Waals surface area contributed by atoms with E-state index in [4.69, 9.17) is 23.2 Å². The van der Waals surface area contributed by atoms with Crippen LogP contribution in [0.25, 0.3) is 0 Å². The van der Waals surface area contributed by atoms with Crippen molar-refractivity contribution in [3.63, 3.8) is 0 Å². The summed E-state index contributed by atoms with van der Waals surface area (Å²) in [6.45, 7) is 7.28. The van der Waals surface area contributed by atoms with Gasteiger partial charge < -0.3 is 10.6 Å². The number of fused-ring (bicyclic) bond motifs is 2. The Labute approximate surface area is 202 Å². The van der Waals surface area contributed by atoms with Gasteiger partial charge in [0.05, 0.1) is 10.9 Å². The molecule has 2 fully saturated rings. The van der Waals surface area contributed by atoms with Crippen LogP contribution in [0.5, 0.6) is 0 Å². The number of carbonyl (C=O) groups is 2. The van der Waals surface area contributed by atoms with Crippen molar-refractivity contribution in [2.45, 2.75) is 44.7 Å². The van der Waals surface area contributed by atoms with Crippen LogP contribution in [-0.2, 0) is 16.0 Å². The summed E-state index contributed by atoms with van der Waals surface area (Å²) in [4.78, 5) is 29.3. The summed E-state index contributed by atoms with van der Waals surface area (Å²) in [5, 5.41) is 6.49. The summed E-state index contributed by atoms with van der Waals surface area (Å²) < 4.78 is 15.5. The lowest BCUT2D eigenvalue weighted by molar-refractivity contribution is -0.130. The summed E-state index contributed by atoms with van der Waals surface area (Å²) in [5.41, 5.74) is 0.558. The summed E-state index contributed by atoms with van der Waals surface area (Å²) >= 11 is 12.3. The maximum absolute atomic E-state index is 15.5. The average molecular weight is 490 g/mol. The maximum atomic E-state index is 15.5. The fourth-order valence-corrected chi connectivity index (χ4v) is 6.31. The molecule has 0 unspecified atom stereocenters. The van der Waals surface area contributed by atoms with Crippen LogP contribution in [0, 0.1) is 17.2 Å². The number of anilines is 1.